The van der Waals surface area contributed by atoms with Crippen molar-refractivity contribution in [2.45, 2.75) is 63.1 Å². The molecule has 3 atom stereocenters. The maximum absolute atomic E-state index is 13.2. The van der Waals surface area contributed by atoms with E-state index in [0.717, 1.165) is 16.5 Å². The van der Waals surface area contributed by atoms with Crippen LogP contribution in [-0.2, 0) is 20.8 Å². The second-order valence-electron chi connectivity index (χ2n) is 8.32. The van der Waals surface area contributed by atoms with Crippen molar-refractivity contribution in [3.63, 3.8) is 0 Å². The van der Waals surface area contributed by atoms with Crippen LogP contribution in [0.15, 0.2) is 30.5 Å². The number of aromatic nitrogens is 1. The van der Waals surface area contributed by atoms with Gasteiger partial charge in [0.1, 0.15) is 12.1 Å². The van der Waals surface area contributed by atoms with Gasteiger partial charge in [0.15, 0.2) is 0 Å². The standard InChI is InChI=1S/C23H32N4O5/c24-12-4-3-8-18(21(28)27-13-5-9-20(27)23(31)32)26-19(22(29)30)11-10-15-14-25-17-7-2-1-6-16(15)17/h1-2,6-7,14,18-20,25-26H,3-5,8-13,24H2,(H,29,30)(H,31,32)/t18-,19-,20-/m0/s1. The van der Waals surface area contributed by atoms with Gasteiger partial charge in [0.05, 0.1) is 6.04 Å². The summed E-state index contributed by atoms with van der Waals surface area (Å²) < 4.78 is 0. The summed E-state index contributed by atoms with van der Waals surface area (Å²) >= 11 is 0. The molecule has 0 saturated carbocycles. The Balaban J connectivity index is 1.71. The van der Waals surface area contributed by atoms with Gasteiger partial charge in [0.2, 0.25) is 5.91 Å². The lowest BCUT2D eigenvalue weighted by Gasteiger charge is -2.29. The number of para-hydroxylation sites is 1. The number of aromatic amines is 1. The maximum atomic E-state index is 13.2. The van der Waals surface area contributed by atoms with Gasteiger partial charge in [0.25, 0.3) is 0 Å². The van der Waals surface area contributed by atoms with Crippen LogP contribution in [0.25, 0.3) is 10.9 Å². The lowest BCUT2D eigenvalue weighted by atomic mass is 10.0. The summed E-state index contributed by atoms with van der Waals surface area (Å²) in [5.74, 6) is -2.39. The van der Waals surface area contributed by atoms with Gasteiger partial charge in [-0.2, -0.15) is 0 Å². The van der Waals surface area contributed by atoms with Gasteiger partial charge < -0.3 is 25.8 Å². The minimum absolute atomic E-state index is 0.306. The Morgan fingerprint density at radius 3 is 2.66 bits per heavy atom. The largest absolute Gasteiger partial charge is 0.480 e. The van der Waals surface area contributed by atoms with Crippen LogP contribution in [0.2, 0.25) is 0 Å². The smallest absolute Gasteiger partial charge is 0.326 e. The molecule has 1 fully saturated rings. The Bertz CT molecular complexity index is 943. The number of carboxylic acids is 2. The molecule has 0 aliphatic carbocycles. The first kappa shape index (κ1) is 23.7. The number of amides is 1. The lowest BCUT2D eigenvalue weighted by molar-refractivity contribution is -0.149. The number of nitrogens with zero attached hydrogens (tertiary/aromatic N) is 1. The van der Waals surface area contributed by atoms with E-state index in [1.54, 1.807) is 0 Å². The Labute approximate surface area is 187 Å². The zero-order chi connectivity index (χ0) is 23.1. The van der Waals surface area contributed by atoms with E-state index >= 15 is 0 Å². The van der Waals surface area contributed by atoms with Crippen molar-refractivity contribution in [3.05, 3.63) is 36.0 Å². The molecule has 1 aromatic carbocycles. The molecule has 1 aromatic heterocycles. The van der Waals surface area contributed by atoms with Crippen LogP contribution in [-0.4, -0.2) is 69.2 Å². The molecule has 1 aliphatic heterocycles. The van der Waals surface area contributed by atoms with Crippen molar-refractivity contribution in [2.75, 3.05) is 13.1 Å². The Kier molecular flexibility index (Phi) is 8.24. The van der Waals surface area contributed by atoms with E-state index < -0.39 is 30.1 Å². The highest BCUT2D eigenvalue weighted by Gasteiger charge is 2.38. The SMILES string of the molecule is NCCCC[C@H](N[C@@H](CCc1c[nH]c2ccccc12)C(=O)O)C(=O)N1CCC[C@H]1C(=O)O. The summed E-state index contributed by atoms with van der Waals surface area (Å²) in [6.07, 6.45) is 5.53. The molecule has 1 saturated heterocycles. The van der Waals surface area contributed by atoms with Crippen LogP contribution in [0.3, 0.4) is 0 Å². The minimum atomic E-state index is -1.03. The van der Waals surface area contributed by atoms with Crippen LogP contribution >= 0.6 is 0 Å². The molecule has 6 N–H and O–H groups in total. The fourth-order valence-corrected chi connectivity index (χ4v) is 4.42. The maximum Gasteiger partial charge on any atom is 0.326 e. The second kappa shape index (κ2) is 11.1. The van der Waals surface area contributed by atoms with Gasteiger partial charge in [-0.1, -0.05) is 24.6 Å². The number of likely N-dealkylation sites (tertiary alicyclic amines) is 1. The molecule has 32 heavy (non-hydrogen) atoms. The van der Waals surface area contributed by atoms with Crippen molar-refractivity contribution in [1.82, 2.24) is 15.2 Å². The molecule has 1 aliphatic rings. The number of nitrogens with two attached hydrogens (primary N) is 1. The summed E-state index contributed by atoms with van der Waals surface area (Å²) in [6, 6.07) is 5.29. The molecule has 0 bridgehead atoms. The number of carboxylic acid groups (broad SMARTS) is 2. The molecular weight excluding hydrogens is 412 g/mol. The predicted molar refractivity (Wildman–Crippen MR) is 120 cm³/mol. The number of H-pyrrole nitrogens is 1. The van der Waals surface area contributed by atoms with E-state index in [9.17, 15) is 24.6 Å². The quantitative estimate of drug-likeness (QED) is 0.313. The highest BCUT2D eigenvalue weighted by atomic mass is 16.4. The number of benzene rings is 1. The second-order valence-corrected chi connectivity index (χ2v) is 8.32. The summed E-state index contributed by atoms with van der Waals surface area (Å²) in [6.45, 7) is 0.850. The Morgan fingerprint density at radius 1 is 1.16 bits per heavy atom. The third-order valence-corrected chi connectivity index (χ3v) is 6.14. The van der Waals surface area contributed by atoms with E-state index in [-0.39, 0.29) is 5.91 Å². The zero-order valence-corrected chi connectivity index (χ0v) is 18.1. The average molecular weight is 445 g/mol. The number of aryl methyl sites for hydroxylation is 1. The molecule has 1 amide bonds. The molecule has 9 nitrogen and oxygen atoms in total. The third kappa shape index (κ3) is 5.66. The Hall–Kier alpha value is -2.91. The van der Waals surface area contributed by atoms with Crippen molar-refractivity contribution < 1.29 is 24.6 Å². The first-order valence-electron chi connectivity index (χ1n) is 11.2. The fourth-order valence-electron chi connectivity index (χ4n) is 4.42. The van der Waals surface area contributed by atoms with Crippen molar-refractivity contribution in [1.29, 1.82) is 0 Å². The van der Waals surface area contributed by atoms with Gasteiger partial charge in [0, 0.05) is 23.6 Å². The van der Waals surface area contributed by atoms with Crippen LogP contribution < -0.4 is 11.1 Å². The highest BCUT2D eigenvalue weighted by Crippen LogP contribution is 2.22. The topological polar surface area (TPSA) is 149 Å². The fraction of sp³-hybridized carbons (Fsp3) is 0.522. The van der Waals surface area contributed by atoms with Crippen LogP contribution in [0.5, 0.6) is 0 Å². The van der Waals surface area contributed by atoms with E-state index in [0.29, 0.717) is 58.0 Å². The number of nitrogens with one attached hydrogen (secondary N) is 2. The van der Waals surface area contributed by atoms with Gasteiger partial charge >= 0.3 is 11.9 Å². The first-order valence-corrected chi connectivity index (χ1v) is 11.2. The lowest BCUT2D eigenvalue weighted by Crippen LogP contribution is -2.54. The van der Waals surface area contributed by atoms with Crippen LogP contribution in [0, 0.1) is 0 Å². The van der Waals surface area contributed by atoms with E-state index in [1.807, 2.05) is 30.5 Å². The molecule has 2 heterocycles. The van der Waals surface area contributed by atoms with Crippen LogP contribution in [0.4, 0.5) is 0 Å². The number of carbonyl (C=O) groups is 3. The molecular formula is C23H32N4O5. The molecule has 2 aromatic rings. The first-order chi connectivity index (χ1) is 15.4. The number of unbranched alkanes of at least 4 members (excludes halogenated alkanes) is 1. The van der Waals surface area contributed by atoms with E-state index in [4.69, 9.17) is 5.73 Å². The summed E-state index contributed by atoms with van der Waals surface area (Å²) in [7, 11) is 0. The van der Waals surface area contributed by atoms with Crippen molar-refractivity contribution in [3.8, 4) is 0 Å². The number of aliphatic carboxylic acids is 2. The predicted octanol–water partition coefficient (Wildman–Crippen LogP) is 1.72. The highest BCUT2D eigenvalue weighted by molar-refractivity contribution is 5.88. The molecule has 3 rings (SSSR count). The molecule has 0 unspecified atom stereocenters. The van der Waals surface area contributed by atoms with Gasteiger partial charge in [-0.3, -0.25) is 14.9 Å². The van der Waals surface area contributed by atoms with Crippen molar-refractivity contribution in [2.24, 2.45) is 5.73 Å². The third-order valence-electron chi connectivity index (χ3n) is 6.14. The van der Waals surface area contributed by atoms with Gasteiger partial charge in [-0.15, -0.1) is 0 Å². The number of fused-ring (bicyclic) bond motifs is 1. The van der Waals surface area contributed by atoms with Crippen LogP contribution in [0.1, 0.15) is 44.1 Å². The molecule has 9 heteroatoms. The Morgan fingerprint density at radius 2 is 1.94 bits per heavy atom. The normalized spacial score (nSPS) is 18.0. The summed E-state index contributed by atoms with van der Waals surface area (Å²) in [5.41, 5.74) is 7.59. The zero-order valence-electron chi connectivity index (χ0n) is 18.1. The minimum Gasteiger partial charge on any atom is -0.480 e. The monoisotopic (exact) mass is 444 g/mol. The number of rotatable bonds is 12. The van der Waals surface area contributed by atoms with Crippen molar-refractivity contribution >= 4 is 28.7 Å². The summed E-state index contributed by atoms with van der Waals surface area (Å²) in [4.78, 5) is 41.3. The number of hydrogen-bond donors (Lipinski definition) is 5. The number of hydrogen-bond acceptors (Lipinski definition) is 5. The van der Waals surface area contributed by atoms with Gasteiger partial charge in [-0.05, 0) is 56.7 Å². The van der Waals surface area contributed by atoms with E-state index in [2.05, 4.69) is 10.3 Å². The number of carbonyl (C=O) groups excluding carboxylic acids is 1. The summed E-state index contributed by atoms with van der Waals surface area (Å²) in [5, 5.41) is 23.3. The molecule has 0 spiro atoms. The van der Waals surface area contributed by atoms with E-state index in [1.165, 1.54) is 4.90 Å². The van der Waals surface area contributed by atoms with Gasteiger partial charge in [-0.25, -0.2) is 4.79 Å². The molecule has 174 valence electrons. The molecule has 0 radical (unpaired) electrons. The average Bonchev–Trinajstić information content (AvgIpc) is 3.42.